The van der Waals surface area contributed by atoms with E-state index in [0.29, 0.717) is 12.1 Å². The number of amides is 1. The van der Waals surface area contributed by atoms with Crippen LogP contribution >= 0.6 is 0 Å². The van der Waals surface area contributed by atoms with Crippen molar-refractivity contribution in [3.8, 4) is 6.07 Å². The SMILES string of the molecule is CC1NCCN(Cc2ccc(C#N)cc2)C1=O. The summed E-state index contributed by atoms with van der Waals surface area (Å²) in [6.45, 7) is 4.08. The molecule has 0 aromatic heterocycles. The van der Waals surface area contributed by atoms with Gasteiger partial charge in [-0.1, -0.05) is 12.1 Å². The zero-order chi connectivity index (χ0) is 12.3. The molecule has 1 aromatic carbocycles. The van der Waals surface area contributed by atoms with E-state index in [1.54, 1.807) is 12.1 Å². The van der Waals surface area contributed by atoms with Crippen molar-refractivity contribution in [3.05, 3.63) is 35.4 Å². The normalized spacial score (nSPS) is 20.1. The molecule has 1 heterocycles. The third-order valence-corrected chi connectivity index (χ3v) is 2.97. The summed E-state index contributed by atoms with van der Waals surface area (Å²) in [6, 6.07) is 9.36. The molecule has 1 fully saturated rings. The highest BCUT2D eigenvalue weighted by atomic mass is 16.2. The molecule has 1 unspecified atom stereocenters. The fourth-order valence-electron chi connectivity index (χ4n) is 1.95. The van der Waals surface area contributed by atoms with Gasteiger partial charge in [0.25, 0.3) is 0 Å². The van der Waals surface area contributed by atoms with E-state index in [0.717, 1.165) is 18.7 Å². The molecule has 1 aliphatic rings. The van der Waals surface area contributed by atoms with Crippen LogP contribution in [0, 0.1) is 11.3 Å². The van der Waals surface area contributed by atoms with E-state index in [-0.39, 0.29) is 11.9 Å². The largest absolute Gasteiger partial charge is 0.336 e. The van der Waals surface area contributed by atoms with Crippen LogP contribution in [0.2, 0.25) is 0 Å². The van der Waals surface area contributed by atoms with E-state index < -0.39 is 0 Å². The van der Waals surface area contributed by atoms with Crippen LogP contribution in [-0.4, -0.2) is 29.9 Å². The minimum absolute atomic E-state index is 0.0952. The number of carbonyl (C=O) groups excluding carboxylic acids is 1. The van der Waals surface area contributed by atoms with Crippen molar-refractivity contribution in [3.63, 3.8) is 0 Å². The molecule has 1 amide bonds. The molecule has 1 aliphatic heterocycles. The molecular weight excluding hydrogens is 214 g/mol. The maximum absolute atomic E-state index is 11.9. The molecule has 1 atom stereocenters. The quantitative estimate of drug-likeness (QED) is 0.819. The molecule has 0 spiro atoms. The monoisotopic (exact) mass is 229 g/mol. The minimum Gasteiger partial charge on any atom is -0.336 e. The molecule has 0 bridgehead atoms. The summed E-state index contributed by atoms with van der Waals surface area (Å²) >= 11 is 0. The van der Waals surface area contributed by atoms with E-state index in [2.05, 4.69) is 11.4 Å². The van der Waals surface area contributed by atoms with Crippen molar-refractivity contribution in [2.45, 2.75) is 19.5 Å². The first kappa shape index (κ1) is 11.6. The fourth-order valence-corrected chi connectivity index (χ4v) is 1.95. The average molecular weight is 229 g/mol. The zero-order valence-electron chi connectivity index (χ0n) is 9.81. The fraction of sp³-hybridized carbons (Fsp3) is 0.385. The van der Waals surface area contributed by atoms with E-state index in [1.807, 2.05) is 24.0 Å². The Hall–Kier alpha value is -1.86. The first-order valence-electron chi connectivity index (χ1n) is 5.72. The van der Waals surface area contributed by atoms with Crippen molar-refractivity contribution in [2.24, 2.45) is 0 Å². The number of rotatable bonds is 2. The summed E-state index contributed by atoms with van der Waals surface area (Å²) < 4.78 is 0. The molecule has 1 N–H and O–H groups in total. The Morgan fingerprint density at radius 2 is 2.18 bits per heavy atom. The van der Waals surface area contributed by atoms with Gasteiger partial charge in [0, 0.05) is 19.6 Å². The lowest BCUT2D eigenvalue weighted by Gasteiger charge is -2.31. The van der Waals surface area contributed by atoms with Crippen LogP contribution in [0.3, 0.4) is 0 Å². The molecule has 17 heavy (non-hydrogen) atoms. The summed E-state index contributed by atoms with van der Waals surface area (Å²) in [6.07, 6.45) is 0. The van der Waals surface area contributed by atoms with Crippen LogP contribution in [-0.2, 0) is 11.3 Å². The molecule has 4 heteroatoms. The van der Waals surface area contributed by atoms with Gasteiger partial charge in [0.15, 0.2) is 0 Å². The van der Waals surface area contributed by atoms with E-state index in [4.69, 9.17) is 5.26 Å². The number of benzene rings is 1. The second-order valence-corrected chi connectivity index (χ2v) is 4.24. The highest BCUT2D eigenvalue weighted by Gasteiger charge is 2.24. The lowest BCUT2D eigenvalue weighted by atomic mass is 10.1. The first-order valence-corrected chi connectivity index (χ1v) is 5.72. The van der Waals surface area contributed by atoms with E-state index in [1.165, 1.54) is 0 Å². The molecule has 88 valence electrons. The van der Waals surface area contributed by atoms with Gasteiger partial charge in [-0.3, -0.25) is 4.79 Å². The van der Waals surface area contributed by atoms with Gasteiger partial charge in [0.1, 0.15) is 0 Å². The smallest absolute Gasteiger partial charge is 0.239 e. The second-order valence-electron chi connectivity index (χ2n) is 4.24. The lowest BCUT2D eigenvalue weighted by molar-refractivity contribution is -0.135. The van der Waals surface area contributed by atoms with Crippen molar-refractivity contribution in [2.75, 3.05) is 13.1 Å². The van der Waals surface area contributed by atoms with Gasteiger partial charge < -0.3 is 10.2 Å². The first-order chi connectivity index (χ1) is 8.20. The molecule has 4 nitrogen and oxygen atoms in total. The molecule has 0 saturated carbocycles. The number of nitrogens with zero attached hydrogens (tertiary/aromatic N) is 2. The minimum atomic E-state index is -0.0952. The number of carbonyl (C=O) groups is 1. The number of nitrogens with one attached hydrogen (secondary N) is 1. The van der Waals surface area contributed by atoms with Crippen LogP contribution < -0.4 is 5.32 Å². The topological polar surface area (TPSA) is 56.1 Å². The van der Waals surface area contributed by atoms with Gasteiger partial charge in [-0.2, -0.15) is 5.26 Å². The van der Waals surface area contributed by atoms with Crippen molar-refractivity contribution in [1.29, 1.82) is 5.26 Å². The van der Waals surface area contributed by atoms with Crippen LogP contribution in [0.5, 0.6) is 0 Å². The number of nitriles is 1. The predicted molar refractivity (Wildman–Crippen MR) is 64.0 cm³/mol. The Morgan fingerprint density at radius 3 is 2.82 bits per heavy atom. The number of hydrogen-bond acceptors (Lipinski definition) is 3. The molecular formula is C13H15N3O. The molecule has 2 rings (SSSR count). The number of hydrogen-bond donors (Lipinski definition) is 1. The van der Waals surface area contributed by atoms with Crippen molar-refractivity contribution < 1.29 is 4.79 Å². The molecule has 1 saturated heterocycles. The van der Waals surface area contributed by atoms with Crippen LogP contribution in [0.1, 0.15) is 18.1 Å². The van der Waals surface area contributed by atoms with Gasteiger partial charge in [-0.15, -0.1) is 0 Å². The highest BCUT2D eigenvalue weighted by Crippen LogP contribution is 2.10. The van der Waals surface area contributed by atoms with Gasteiger partial charge in [0.05, 0.1) is 17.7 Å². The summed E-state index contributed by atoms with van der Waals surface area (Å²) in [5.74, 6) is 0.139. The number of piperazine rings is 1. The van der Waals surface area contributed by atoms with Crippen LogP contribution in [0.4, 0.5) is 0 Å². The lowest BCUT2D eigenvalue weighted by Crippen LogP contribution is -2.53. The maximum Gasteiger partial charge on any atom is 0.239 e. The molecule has 0 aliphatic carbocycles. The van der Waals surface area contributed by atoms with Crippen LogP contribution in [0.15, 0.2) is 24.3 Å². The summed E-state index contributed by atoms with van der Waals surface area (Å²) in [5.41, 5.74) is 1.71. The third-order valence-electron chi connectivity index (χ3n) is 2.97. The zero-order valence-corrected chi connectivity index (χ0v) is 9.81. The molecule has 0 radical (unpaired) electrons. The van der Waals surface area contributed by atoms with Gasteiger partial charge in [-0.25, -0.2) is 0 Å². The average Bonchev–Trinajstić information content (AvgIpc) is 2.36. The standard InChI is InChI=1S/C13H15N3O/c1-10-13(17)16(7-6-15-10)9-12-4-2-11(8-14)3-5-12/h2-5,10,15H,6-7,9H2,1H3. The van der Waals surface area contributed by atoms with Crippen LogP contribution in [0.25, 0.3) is 0 Å². The third kappa shape index (κ3) is 2.63. The second kappa shape index (κ2) is 4.98. The van der Waals surface area contributed by atoms with Crippen molar-refractivity contribution in [1.82, 2.24) is 10.2 Å². The predicted octanol–water partition coefficient (Wildman–Crippen LogP) is 0.879. The Kier molecular flexibility index (Phi) is 3.40. The summed E-state index contributed by atoms with van der Waals surface area (Å²) in [4.78, 5) is 13.7. The highest BCUT2D eigenvalue weighted by molar-refractivity contribution is 5.82. The Labute approximate surface area is 101 Å². The van der Waals surface area contributed by atoms with Gasteiger partial charge in [0.2, 0.25) is 5.91 Å². The molecule has 1 aromatic rings. The van der Waals surface area contributed by atoms with Gasteiger partial charge >= 0.3 is 0 Å². The Balaban J connectivity index is 2.05. The maximum atomic E-state index is 11.9. The van der Waals surface area contributed by atoms with E-state index in [9.17, 15) is 4.79 Å². The summed E-state index contributed by atoms with van der Waals surface area (Å²) in [7, 11) is 0. The van der Waals surface area contributed by atoms with E-state index >= 15 is 0 Å². The Bertz CT molecular complexity index is 447. The Morgan fingerprint density at radius 1 is 1.47 bits per heavy atom. The van der Waals surface area contributed by atoms with Gasteiger partial charge in [-0.05, 0) is 24.6 Å². The summed E-state index contributed by atoms with van der Waals surface area (Å²) in [5, 5.41) is 11.8. The van der Waals surface area contributed by atoms with Crippen molar-refractivity contribution >= 4 is 5.91 Å².